The number of hydrogen-bond donors (Lipinski definition) is 0. The summed E-state index contributed by atoms with van der Waals surface area (Å²) in [4.78, 5) is 11.7. The molecule has 0 N–H and O–H groups in total. The first kappa shape index (κ1) is 47.0. The molecule has 48 heavy (non-hydrogen) atoms. The molecule has 0 saturated carbocycles. The zero-order valence-corrected chi connectivity index (χ0v) is 30.6. The number of ether oxygens (including phenoxy) is 12. The van der Waals surface area contributed by atoms with Crippen molar-refractivity contribution in [2.45, 2.75) is 78.2 Å². The Kier molecular flexibility index (Phi) is 41.3. The van der Waals surface area contributed by atoms with Gasteiger partial charge in [0.1, 0.15) is 6.61 Å². The Bertz CT molecular complexity index is 613. The van der Waals surface area contributed by atoms with Gasteiger partial charge in [0.25, 0.3) is 0 Å². The number of unbranched alkanes of at least 4 members (excludes halogenated alkanes) is 6. The maximum atomic E-state index is 11.7. The predicted octanol–water partition coefficient (Wildman–Crippen LogP) is 4.26. The smallest absolute Gasteiger partial charge is 0.305 e. The molecule has 0 aromatic heterocycles. The molecule has 288 valence electrons. The SMILES string of the molecule is CCCCCCCCCC(=O)OCCOCCOCCOCCOCCOCCOCCOCCOCCOCCOCCOC(C)C. The van der Waals surface area contributed by atoms with Gasteiger partial charge in [-0.05, 0) is 20.3 Å². The van der Waals surface area contributed by atoms with Gasteiger partial charge in [0.2, 0.25) is 0 Å². The van der Waals surface area contributed by atoms with Crippen LogP contribution in [0.2, 0.25) is 0 Å². The largest absolute Gasteiger partial charge is 0.463 e. The van der Waals surface area contributed by atoms with Crippen LogP contribution < -0.4 is 0 Å². The van der Waals surface area contributed by atoms with Crippen LogP contribution in [0.4, 0.5) is 0 Å². The van der Waals surface area contributed by atoms with Crippen molar-refractivity contribution in [3.05, 3.63) is 0 Å². The highest BCUT2D eigenvalue weighted by Gasteiger charge is 2.03. The molecule has 0 saturated heterocycles. The summed E-state index contributed by atoms with van der Waals surface area (Å²) in [5, 5.41) is 0. The molecule has 0 heterocycles. The lowest BCUT2D eigenvalue weighted by Gasteiger charge is -2.09. The minimum Gasteiger partial charge on any atom is -0.463 e. The van der Waals surface area contributed by atoms with Gasteiger partial charge in [-0.1, -0.05) is 45.4 Å². The zero-order valence-electron chi connectivity index (χ0n) is 30.6. The second-order valence-electron chi connectivity index (χ2n) is 11.1. The maximum absolute atomic E-state index is 11.7. The van der Waals surface area contributed by atoms with Crippen LogP contribution in [-0.2, 0) is 61.6 Å². The van der Waals surface area contributed by atoms with Gasteiger partial charge in [-0.15, -0.1) is 0 Å². The molecular formula is C35H70O13. The Morgan fingerprint density at radius 2 is 0.646 bits per heavy atom. The molecule has 13 heteroatoms. The minimum atomic E-state index is -0.140. The van der Waals surface area contributed by atoms with Crippen molar-refractivity contribution in [3.8, 4) is 0 Å². The maximum Gasteiger partial charge on any atom is 0.305 e. The minimum absolute atomic E-state index is 0.140. The van der Waals surface area contributed by atoms with E-state index in [0.717, 1.165) is 12.8 Å². The summed E-state index contributed by atoms with van der Waals surface area (Å²) < 4.78 is 65.2. The van der Waals surface area contributed by atoms with Crippen LogP contribution in [0.25, 0.3) is 0 Å². The molecular weight excluding hydrogens is 628 g/mol. The summed E-state index contributed by atoms with van der Waals surface area (Å²) in [7, 11) is 0. The number of carbonyl (C=O) groups excluding carboxylic acids is 1. The summed E-state index contributed by atoms with van der Waals surface area (Å²) in [6.07, 6.45) is 9.03. The van der Waals surface area contributed by atoms with Crippen LogP contribution in [0.3, 0.4) is 0 Å². The number of hydrogen-bond acceptors (Lipinski definition) is 13. The number of esters is 1. The first-order valence-corrected chi connectivity index (χ1v) is 18.2. The van der Waals surface area contributed by atoms with Crippen LogP contribution in [0.1, 0.15) is 72.1 Å². The Hall–Kier alpha value is -0.970. The first-order valence-electron chi connectivity index (χ1n) is 18.2. The van der Waals surface area contributed by atoms with Crippen molar-refractivity contribution in [3.63, 3.8) is 0 Å². The molecule has 0 bridgehead atoms. The Balaban J connectivity index is 3.10. The van der Waals surface area contributed by atoms with Crippen LogP contribution in [0.5, 0.6) is 0 Å². The van der Waals surface area contributed by atoms with Gasteiger partial charge in [0.15, 0.2) is 0 Å². The van der Waals surface area contributed by atoms with E-state index in [0.29, 0.717) is 145 Å². The molecule has 0 fully saturated rings. The van der Waals surface area contributed by atoms with E-state index in [1.165, 1.54) is 32.1 Å². The third kappa shape index (κ3) is 43.1. The van der Waals surface area contributed by atoms with Crippen LogP contribution >= 0.6 is 0 Å². The lowest BCUT2D eigenvalue weighted by molar-refractivity contribution is -0.145. The van der Waals surface area contributed by atoms with Crippen molar-refractivity contribution >= 4 is 5.97 Å². The normalized spacial score (nSPS) is 11.6. The van der Waals surface area contributed by atoms with Gasteiger partial charge in [-0.25, -0.2) is 0 Å². The van der Waals surface area contributed by atoms with E-state index in [1.54, 1.807) is 0 Å². The lowest BCUT2D eigenvalue weighted by Crippen LogP contribution is -2.16. The highest BCUT2D eigenvalue weighted by Crippen LogP contribution is 2.08. The molecule has 0 aliphatic rings. The van der Waals surface area contributed by atoms with Crippen LogP contribution in [0.15, 0.2) is 0 Å². The van der Waals surface area contributed by atoms with E-state index >= 15 is 0 Å². The fourth-order valence-corrected chi connectivity index (χ4v) is 3.94. The fourth-order valence-electron chi connectivity index (χ4n) is 3.94. The quantitative estimate of drug-likeness (QED) is 0.0666. The van der Waals surface area contributed by atoms with Crippen molar-refractivity contribution in [1.82, 2.24) is 0 Å². The van der Waals surface area contributed by atoms with Gasteiger partial charge in [-0.2, -0.15) is 0 Å². The van der Waals surface area contributed by atoms with Crippen molar-refractivity contribution in [2.24, 2.45) is 0 Å². The average molecular weight is 699 g/mol. The van der Waals surface area contributed by atoms with Crippen molar-refractivity contribution < 1.29 is 61.6 Å². The Labute approximate surface area is 291 Å². The molecule has 0 aliphatic carbocycles. The molecule has 0 atom stereocenters. The second kappa shape index (κ2) is 42.2. The predicted molar refractivity (Wildman–Crippen MR) is 183 cm³/mol. The van der Waals surface area contributed by atoms with Gasteiger partial charge >= 0.3 is 5.97 Å². The van der Waals surface area contributed by atoms with E-state index in [4.69, 9.17) is 56.8 Å². The van der Waals surface area contributed by atoms with Crippen LogP contribution in [-0.4, -0.2) is 157 Å². The fraction of sp³-hybridized carbons (Fsp3) is 0.971. The summed E-state index contributed by atoms with van der Waals surface area (Å²) in [6, 6.07) is 0. The van der Waals surface area contributed by atoms with E-state index in [-0.39, 0.29) is 18.7 Å². The second-order valence-corrected chi connectivity index (χ2v) is 11.1. The number of carbonyl (C=O) groups is 1. The van der Waals surface area contributed by atoms with Gasteiger partial charge in [0.05, 0.1) is 145 Å². The zero-order chi connectivity index (χ0) is 34.9. The molecule has 0 aliphatic heterocycles. The van der Waals surface area contributed by atoms with Gasteiger partial charge in [-0.3, -0.25) is 4.79 Å². The van der Waals surface area contributed by atoms with Crippen molar-refractivity contribution in [1.29, 1.82) is 0 Å². The van der Waals surface area contributed by atoms with E-state index in [9.17, 15) is 4.79 Å². The number of rotatable bonds is 42. The third-order valence-corrected chi connectivity index (χ3v) is 6.50. The van der Waals surface area contributed by atoms with E-state index in [1.807, 2.05) is 13.8 Å². The average Bonchev–Trinajstić information content (AvgIpc) is 3.08. The van der Waals surface area contributed by atoms with E-state index < -0.39 is 0 Å². The molecule has 0 aromatic rings. The molecule has 0 radical (unpaired) electrons. The van der Waals surface area contributed by atoms with Crippen LogP contribution in [0, 0.1) is 0 Å². The third-order valence-electron chi connectivity index (χ3n) is 6.50. The summed E-state index contributed by atoms with van der Waals surface area (Å²) in [5.74, 6) is -0.140. The topological polar surface area (TPSA) is 128 Å². The molecule has 0 rings (SSSR count). The summed E-state index contributed by atoms with van der Waals surface area (Å²) in [5.41, 5.74) is 0. The molecule has 0 unspecified atom stereocenters. The van der Waals surface area contributed by atoms with E-state index in [2.05, 4.69) is 6.92 Å². The standard InChI is InChI=1S/C35H70O13/c1-4-5-6-7-8-9-10-11-35(36)48-33-31-46-29-27-44-25-23-42-21-19-40-17-15-38-13-12-37-14-16-39-18-20-41-22-24-43-26-28-45-30-32-47-34(2)3/h34H,4-33H2,1-3H3. The monoisotopic (exact) mass is 698 g/mol. The molecule has 0 aromatic carbocycles. The highest BCUT2D eigenvalue weighted by atomic mass is 16.6. The molecule has 0 amide bonds. The first-order chi connectivity index (χ1) is 23.7. The van der Waals surface area contributed by atoms with Gasteiger partial charge < -0.3 is 56.8 Å². The van der Waals surface area contributed by atoms with Crippen molar-refractivity contribution in [2.75, 3.05) is 145 Å². The molecule has 13 nitrogen and oxygen atoms in total. The highest BCUT2D eigenvalue weighted by molar-refractivity contribution is 5.69. The Morgan fingerprint density at radius 3 is 0.958 bits per heavy atom. The summed E-state index contributed by atoms with van der Waals surface area (Å²) in [6.45, 7) is 17.2. The Morgan fingerprint density at radius 1 is 0.375 bits per heavy atom. The summed E-state index contributed by atoms with van der Waals surface area (Å²) >= 11 is 0. The van der Waals surface area contributed by atoms with Gasteiger partial charge in [0, 0.05) is 6.42 Å². The molecule has 0 spiro atoms. The lowest BCUT2D eigenvalue weighted by atomic mass is 10.1.